The van der Waals surface area contributed by atoms with E-state index < -0.39 is 6.55 Å². The van der Waals surface area contributed by atoms with Gasteiger partial charge in [-0.25, -0.2) is 4.98 Å². The minimum absolute atomic E-state index is 0.143. The maximum Gasteiger partial charge on any atom is 0.322 e. The number of hydrogen-bond acceptors (Lipinski definition) is 7. The summed E-state index contributed by atoms with van der Waals surface area (Å²) < 4.78 is 32.1. The van der Waals surface area contributed by atoms with E-state index in [2.05, 4.69) is 24.8 Å². The summed E-state index contributed by atoms with van der Waals surface area (Å²) in [5.41, 5.74) is 0. The molecule has 8 nitrogen and oxygen atoms in total. The van der Waals surface area contributed by atoms with Gasteiger partial charge in [-0.15, -0.1) is 0 Å². The first kappa shape index (κ1) is 18.3. The molecule has 10 heteroatoms. The first-order valence-corrected chi connectivity index (χ1v) is 8.64. The Labute approximate surface area is 150 Å². The van der Waals surface area contributed by atoms with E-state index in [0.29, 0.717) is 11.9 Å². The van der Waals surface area contributed by atoms with Crippen LogP contribution < -0.4 is 14.5 Å². The molecular formula is C16H23F2N7O. The molecule has 0 aliphatic carbocycles. The molecule has 0 amide bonds. The van der Waals surface area contributed by atoms with Gasteiger partial charge in [0.15, 0.2) is 0 Å². The SMILES string of the molecule is COc1nc(N(C)Cc2nccn2C(F)F)nc(N2CCCCCC2)n1. The number of methoxy groups -OCH3 is 1. The van der Waals surface area contributed by atoms with Crippen molar-refractivity contribution in [2.45, 2.75) is 38.8 Å². The minimum Gasteiger partial charge on any atom is -0.467 e. The summed E-state index contributed by atoms with van der Waals surface area (Å²) >= 11 is 0. The number of rotatable bonds is 6. The summed E-state index contributed by atoms with van der Waals surface area (Å²) in [5.74, 6) is 1.15. The fourth-order valence-corrected chi connectivity index (χ4v) is 2.94. The number of anilines is 2. The summed E-state index contributed by atoms with van der Waals surface area (Å²) in [7, 11) is 3.22. The molecule has 0 N–H and O–H groups in total. The Bertz CT molecular complexity index is 716. The standard InChI is InChI=1S/C16H23F2N7O/c1-23(11-12-19-7-10-25(12)13(17)18)14-20-15(22-16(21-14)26-2)24-8-5-3-4-6-9-24/h7,10,13H,3-6,8-9,11H2,1-2H3. The third-order valence-electron chi connectivity index (χ3n) is 4.34. The third-order valence-corrected chi connectivity index (χ3v) is 4.34. The van der Waals surface area contributed by atoms with E-state index in [4.69, 9.17) is 4.74 Å². The quantitative estimate of drug-likeness (QED) is 0.777. The van der Waals surface area contributed by atoms with Crippen LogP contribution in [0.2, 0.25) is 0 Å². The molecule has 3 rings (SSSR count). The molecule has 1 saturated heterocycles. The lowest BCUT2D eigenvalue weighted by Crippen LogP contribution is -2.28. The van der Waals surface area contributed by atoms with Crippen molar-refractivity contribution < 1.29 is 13.5 Å². The molecule has 0 unspecified atom stereocenters. The first-order chi connectivity index (χ1) is 12.6. The average molecular weight is 367 g/mol. The van der Waals surface area contributed by atoms with Crippen molar-refractivity contribution in [1.29, 1.82) is 0 Å². The lowest BCUT2D eigenvalue weighted by atomic mass is 10.2. The van der Waals surface area contributed by atoms with Crippen LogP contribution in [-0.2, 0) is 6.54 Å². The van der Waals surface area contributed by atoms with E-state index in [0.717, 1.165) is 30.5 Å². The Morgan fingerprint density at radius 3 is 2.54 bits per heavy atom. The number of nitrogens with zero attached hydrogens (tertiary/aromatic N) is 7. The fraction of sp³-hybridized carbons (Fsp3) is 0.625. The number of hydrogen-bond donors (Lipinski definition) is 0. The maximum atomic E-state index is 13.0. The van der Waals surface area contributed by atoms with Gasteiger partial charge in [-0.05, 0) is 12.8 Å². The van der Waals surface area contributed by atoms with E-state index >= 15 is 0 Å². The highest BCUT2D eigenvalue weighted by Crippen LogP contribution is 2.22. The van der Waals surface area contributed by atoms with E-state index in [1.54, 1.807) is 11.9 Å². The highest BCUT2D eigenvalue weighted by molar-refractivity contribution is 5.40. The highest BCUT2D eigenvalue weighted by atomic mass is 19.3. The molecule has 1 aliphatic rings. The van der Waals surface area contributed by atoms with Crippen molar-refractivity contribution in [1.82, 2.24) is 24.5 Å². The topological polar surface area (TPSA) is 72.2 Å². The largest absolute Gasteiger partial charge is 0.467 e. The molecule has 0 atom stereocenters. The molecule has 26 heavy (non-hydrogen) atoms. The zero-order chi connectivity index (χ0) is 18.5. The summed E-state index contributed by atoms with van der Waals surface area (Å²) in [4.78, 5) is 20.9. The Kier molecular flexibility index (Phi) is 5.79. The lowest BCUT2D eigenvalue weighted by Gasteiger charge is -2.23. The van der Waals surface area contributed by atoms with Gasteiger partial charge >= 0.3 is 12.6 Å². The van der Waals surface area contributed by atoms with Gasteiger partial charge in [-0.1, -0.05) is 12.8 Å². The normalized spacial score (nSPS) is 15.2. The molecule has 142 valence electrons. The van der Waals surface area contributed by atoms with Gasteiger partial charge in [0.25, 0.3) is 0 Å². The van der Waals surface area contributed by atoms with Gasteiger partial charge in [-0.2, -0.15) is 23.7 Å². The molecule has 3 heterocycles. The Morgan fingerprint density at radius 2 is 1.88 bits per heavy atom. The van der Waals surface area contributed by atoms with Gasteiger partial charge in [0.1, 0.15) is 5.82 Å². The second-order valence-corrected chi connectivity index (χ2v) is 6.21. The predicted octanol–water partition coefficient (Wildman–Crippen LogP) is 2.49. The van der Waals surface area contributed by atoms with Gasteiger partial charge in [0.2, 0.25) is 11.9 Å². The smallest absolute Gasteiger partial charge is 0.322 e. The van der Waals surface area contributed by atoms with Gasteiger partial charge in [0, 0.05) is 32.5 Å². The van der Waals surface area contributed by atoms with E-state index in [1.165, 1.54) is 32.3 Å². The van der Waals surface area contributed by atoms with Crippen LogP contribution in [0.5, 0.6) is 6.01 Å². The van der Waals surface area contributed by atoms with Crippen LogP contribution in [0, 0.1) is 0 Å². The second-order valence-electron chi connectivity index (χ2n) is 6.21. The van der Waals surface area contributed by atoms with Crippen LogP contribution in [0.4, 0.5) is 20.7 Å². The molecule has 0 radical (unpaired) electrons. The molecular weight excluding hydrogens is 344 g/mol. The molecule has 1 aliphatic heterocycles. The fourth-order valence-electron chi connectivity index (χ4n) is 2.94. The third kappa shape index (κ3) is 4.17. The number of aromatic nitrogens is 5. The molecule has 0 bridgehead atoms. The number of imidazole rings is 1. The molecule has 2 aromatic heterocycles. The monoisotopic (exact) mass is 367 g/mol. The summed E-state index contributed by atoms with van der Waals surface area (Å²) in [6.07, 6.45) is 7.18. The molecule has 0 aromatic carbocycles. The summed E-state index contributed by atoms with van der Waals surface area (Å²) in [6, 6.07) is 0.207. The van der Waals surface area contributed by atoms with Gasteiger partial charge < -0.3 is 14.5 Å². The van der Waals surface area contributed by atoms with Crippen molar-refractivity contribution in [3.8, 4) is 6.01 Å². The Balaban J connectivity index is 1.83. The van der Waals surface area contributed by atoms with Crippen molar-refractivity contribution in [2.75, 3.05) is 37.0 Å². The summed E-state index contributed by atoms with van der Waals surface area (Å²) in [5, 5.41) is 0. The van der Waals surface area contributed by atoms with Gasteiger partial charge in [-0.3, -0.25) is 4.57 Å². The van der Waals surface area contributed by atoms with Crippen LogP contribution >= 0.6 is 0 Å². The van der Waals surface area contributed by atoms with Crippen LogP contribution in [0.25, 0.3) is 0 Å². The van der Waals surface area contributed by atoms with Crippen molar-refractivity contribution in [2.24, 2.45) is 0 Å². The van der Waals surface area contributed by atoms with Crippen LogP contribution in [0.1, 0.15) is 38.1 Å². The van der Waals surface area contributed by atoms with E-state index in [1.807, 2.05) is 0 Å². The van der Waals surface area contributed by atoms with E-state index in [9.17, 15) is 8.78 Å². The number of halogens is 2. The lowest BCUT2D eigenvalue weighted by molar-refractivity contribution is 0.0670. The molecule has 0 spiro atoms. The number of ether oxygens (including phenoxy) is 1. The summed E-state index contributed by atoms with van der Waals surface area (Å²) in [6.45, 7) is -0.733. The van der Waals surface area contributed by atoms with Crippen LogP contribution in [0.3, 0.4) is 0 Å². The molecule has 1 fully saturated rings. The van der Waals surface area contributed by atoms with Crippen molar-refractivity contribution in [3.05, 3.63) is 18.2 Å². The van der Waals surface area contributed by atoms with Crippen LogP contribution in [-0.4, -0.2) is 51.7 Å². The maximum absolute atomic E-state index is 13.0. The minimum atomic E-state index is -2.64. The average Bonchev–Trinajstić information content (AvgIpc) is 2.93. The Morgan fingerprint density at radius 1 is 1.15 bits per heavy atom. The van der Waals surface area contributed by atoms with E-state index in [-0.39, 0.29) is 18.4 Å². The van der Waals surface area contributed by atoms with Crippen LogP contribution in [0.15, 0.2) is 12.4 Å². The number of alkyl halides is 2. The Hall–Kier alpha value is -2.52. The predicted molar refractivity (Wildman–Crippen MR) is 92.6 cm³/mol. The zero-order valence-electron chi connectivity index (χ0n) is 15.0. The molecule has 0 saturated carbocycles. The second kappa shape index (κ2) is 8.24. The van der Waals surface area contributed by atoms with Gasteiger partial charge in [0.05, 0.1) is 13.7 Å². The van der Waals surface area contributed by atoms with Crippen molar-refractivity contribution in [3.63, 3.8) is 0 Å². The zero-order valence-corrected chi connectivity index (χ0v) is 15.0. The molecule has 2 aromatic rings. The highest BCUT2D eigenvalue weighted by Gasteiger charge is 2.19. The first-order valence-electron chi connectivity index (χ1n) is 8.64. The van der Waals surface area contributed by atoms with Crippen molar-refractivity contribution >= 4 is 11.9 Å².